The Bertz CT molecular complexity index is 1110. The highest BCUT2D eigenvalue weighted by atomic mass is 35.5. The predicted molar refractivity (Wildman–Crippen MR) is 114 cm³/mol. The highest BCUT2D eigenvalue weighted by Crippen LogP contribution is 2.31. The van der Waals surface area contributed by atoms with E-state index in [1.165, 1.54) is 25.3 Å². The van der Waals surface area contributed by atoms with Crippen molar-refractivity contribution < 1.29 is 22.5 Å². The van der Waals surface area contributed by atoms with Gasteiger partial charge in [-0.15, -0.1) is 5.14 Å². The van der Waals surface area contributed by atoms with Crippen molar-refractivity contribution >= 4 is 34.6 Å². The SMILES string of the molecule is Cc1cc(C(F)(F)F)ccc1CC(=O)Nc1ccc(-c2ccc(Cl)nc2)c([S+](N)[O-])c1. The van der Waals surface area contributed by atoms with Crippen molar-refractivity contribution in [3.63, 3.8) is 0 Å². The molecule has 0 aliphatic heterocycles. The fraction of sp³-hybridized carbons (Fsp3) is 0.143. The van der Waals surface area contributed by atoms with Gasteiger partial charge in [0.2, 0.25) is 5.91 Å². The number of halogens is 4. The molecular weight excluding hydrogens is 451 g/mol. The summed E-state index contributed by atoms with van der Waals surface area (Å²) in [6.45, 7) is 1.52. The molecule has 3 rings (SSSR count). The minimum Gasteiger partial charge on any atom is -0.593 e. The van der Waals surface area contributed by atoms with Gasteiger partial charge in [-0.2, -0.15) is 13.2 Å². The monoisotopic (exact) mass is 467 g/mol. The van der Waals surface area contributed by atoms with Gasteiger partial charge in [-0.3, -0.25) is 4.79 Å². The van der Waals surface area contributed by atoms with Crippen LogP contribution in [0.5, 0.6) is 0 Å². The van der Waals surface area contributed by atoms with Crippen LogP contribution in [0.4, 0.5) is 18.9 Å². The number of pyridine rings is 1. The number of rotatable bonds is 5. The van der Waals surface area contributed by atoms with E-state index >= 15 is 0 Å². The molecule has 1 aromatic heterocycles. The molecular formula is C21H17ClF3N3O2S. The molecule has 3 aromatic rings. The first-order valence-corrected chi connectivity index (χ1v) is 10.5. The molecule has 5 nitrogen and oxygen atoms in total. The maximum atomic E-state index is 12.8. The molecule has 0 spiro atoms. The normalized spacial score (nSPS) is 12.5. The minimum absolute atomic E-state index is 0.117. The molecule has 31 heavy (non-hydrogen) atoms. The molecule has 0 bridgehead atoms. The average molecular weight is 468 g/mol. The number of hydrogen-bond acceptors (Lipinski definition) is 4. The molecule has 3 N–H and O–H groups in total. The lowest BCUT2D eigenvalue weighted by Gasteiger charge is -2.13. The van der Waals surface area contributed by atoms with Gasteiger partial charge < -0.3 is 9.87 Å². The summed E-state index contributed by atoms with van der Waals surface area (Å²) in [6.07, 6.45) is -3.05. The number of benzene rings is 2. The number of aromatic nitrogens is 1. The van der Waals surface area contributed by atoms with Crippen LogP contribution in [0.15, 0.2) is 59.6 Å². The molecule has 0 saturated carbocycles. The topological polar surface area (TPSA) is 91.1 Å². The van der Waals surface area contributed by atoms with E-state index in [0.717, 1.165) is 12.1 Å². The lowest BCUT2D eigenvalue weighted by molar-refractivity contribution is -0.137. The van der Waals surface area contributed by atoms with Gasteiger partial charge >= 0.3 is 6.18 Å². The Hall–Kier alpha value is -2.59. The molecule has 0 saturated heterocycles. The Kier molecular flexibility index (Phi) is 6.90. The van der Waals surface area contributed by atoms with Crippen LogP contribution in [-0.2, 0) is 28.8 Å². The average Bonchev–Trinajstić information content (AvgIpc) is 2.69. The fourth-order valence-electron chi connectivity index (χ4n) is 2.99. The van der Waals surface area contributed by atoms with E-state index in [0.29, 0.717) is 33.1 Å². The Balaban J connectivity index is 1.79. The number of anilines is 1. The Morgan fingerprint density at radius 1 is 1.19 bits per heavy atom. The number of alkyl halides is 3. The van der Waals surface area contributed by atoms with E-state index in [1.807, 2.05) is 0 Å². The van der Waals surface area contributed by atoms with E-state index in [1.54, 1.807) is 24.3 Å². The maximum Gasteiger partial charge on any atom is 0.416 e. The first-order valence-electron chi connectivity index (χ1n) is 8.93. The molecule has 1 unspecified atom stereocenters. The molecule has 0 fully saturated rings. The number of aryl methyl sites for hydroxylation is 1. The molecule has 0 radical (unpaired) electrons. The zero-order valence-electron chi connectivity index (χ0n) is 16.2. The van der Waals surface area contributed by atoms with E-state index < -0.39 is 29.0 Å². The van der Waals surface area contributed by atoms with Crippen molar-refractivity contribution in [3.05, 3.63) is 76.6 Å². The summed E-state index contributed by atoms with van der Waals surface area (Å²) < 4.78 is 50.4. The van der Waals surface area contributed by atoms with Crippen molar-refractivity contribution in [1.29, 1.82) is 0 Å². The first-order chi connectivity index (χ1) is 14.5. The lowest BCUT2D eigenvalue weighted by atomic mass is 10.0. The fourth-order valence-corrected chi connectivity index (χ4v) is 3.75. The third-order valence-electron chi connectivity index (χ3n) is 4.54. The summed E-state index contributed by atoms with van der Waals surface area (Å²) in [5.74, 6) is -0.433. The van der Waals surface area contributed by atoms with Crippen LogP contribution in [0.1, 0.15) is 16.7 Å². The summed E-state index contributed by atoms with van der Waals surface area (Å²) in [6, 6.07) is 11.3. The highest BCUT2D eigenvalue weighted by Gasteiger charge is 2.30. The molecule has 1 heterocycles. The molecule has 10 heteroatoms. The maximum absolute atomic E-state index is 12.8. The van der Waals surface area contributed by atoms with Crippen molar-refractivity contribution in [3.8, 4) is 11.1 Å². The largest absolute Gasteiger partial charge is 0.593 e. The Morgan fingerprint density at radius 3 is 2.52 bits per heavy atom. The second-order valence-electron chi connectivity index (χ2n) is 6.74. The van der Waals surface area contributed by atoms with E-state index in [9.17, 15) is 22.5 Å². The van der Waals surface area contributed by atoms with Crippen molar-refractivity contribution in [2.24, 2.45) is 5.14 Å². The van der Waals surface area contributed by atoms with Crippen molar-refractivity contribution in [2.75, 3.05) is 5.32 Å². The minimum atomic E-state index is -4.44. The van der Waals surface area contributed by atoms with Gasteiger partial charge in [0, 0.05) is 29.1 Å². The van der Waals surface area contributed by atoms with Crippen LogP contribution < -0.4 is 10.5 Å². The van der Waals surface area contributed by atoms with Gasteiger partial charge in [-0.1, -0.05) is 17.7 Å². The molecule has 1 atom stereocenters. The molecule has 1 amide bonds. The van der Waals surface area contributed by atoms with Crippen LogP contribution in [0.3, 0.4) is 0 Å². The summed E-state index contributed by atoms with van der Waals surface area (Å²) >= 11 is 3.95. The standard InChI is InChI=1S/C21H17ClF3N3O2S/c1-12-8-15(21(23,24)25)4-2-13(12)9-20(29)28-16-5-6-17(18(10-16)31(26)30)14-3-7-19(22)27-11-14/h2-8,10-11H,9,26H2,1H3,(H,28,29). The third-order valence-corrected chi connectivity index (χ3v) is 5.54. The molecule has 0 aliphatic rings. The summed E-state index contributed by atoms with van der Waals surface area (Å²) in [7, 11) is 0. The smallest absolute Gasteiger partial charge is 0.416 e. The Labute approximate surface area is 184 Å². The summed E-state index contributed by atoms with van der Waals surface area (Å²) in [5.41, 5.74) is 1.64. The van der Waals surface area contributed by atoms with Gasteiger partial charge in [0.15, 0.2) is 4.90 Å². The second-order valence-corrected chi connectivity index (χ2v) is 8.16. The van der Waals surface area contributed by atoms with Crippen LogP contribution in [0, 0.1) is 6.92 Å². The number of carbonyl (C=O) groups excluding carboxylic acids is 1. The number of hydrogen-bond donors (Lipinski definition) is 2. The van der Waals surface area contributed by atoms with Gasteiger partial charge in [-0.05, 0) is 54.4 Å². The van der Waals surface area contributed by atoms with Crippen LogP contribution in [0.25, 0.3) is 11.1 Å². The molecule has 0 aliphatic carbocycles. The van der Waals surface area contributed by atoms with E-state index in [-0.39, 0.29) is 11.3 Å². The number of nitrogens with one attached hydrogen (secondary N) is 1. The van der Waals surface area contributed by atoms with Gasteiger partial charge in [0.1, 0.15) is 5.15 Å². The summed E-state index contributed by atoms with van der Waals surface area (Å²) in [5, 5.41) is 8.56. The molecule has 162 valence electrons. The van der Waals surface area contributed by atoms with Crippen LogP contribution in [0.2, 0.25) is 5.15 Å². The molecule has 2 aromatic carbocycles. The zero-order valence-corrected chi connectivity index (χ0v) is 17.7. The Morgan fingerprint density at radius 2 is 1.94 bits per heavy atom. The lowest BCUT2D eigenvalue weighted by Crippen LogP contribution is -2.17. The first kappa shape index (κ1) is 23.1. The number of amides is 1. The predicted octanol–water partition coefficient (Wildman–Crippen LogP) is 4.89. The van der Waals surface area contributed by atoms with E-state index in [2.05, 4.69) is 10.3 Å². The van der Waals surface area contributed by atoms with Crippen LogP contribution >= 0.6 is 11.6 Å². The second kappa shape index (κ2) is 9.27. The van der Waals surface area contributed by atoms with E-state index in [4.69, 9.17) is 16.7 Å². The van der Waals surface area contributed by atoms with Crippen molar-refractivity contribution in [2.45, 2.75) is 24.4 Å². The number of carbonyl (C=O) groups is 1. The van der Waals surface area contributed by atoms with Crippen LogP contribution in [-0.4, -0.2) is 15.4 Å². The quantitative estimate of drug-likeness (QED) is 0.413. The van der Waals surface area contributed by atoms with Gasteiger partial charge in [-0.25, -0.2) is 4.98 Å². The third kappa shape index (κ3) is 5.76. The number of nitrogens with two attached hydrogens (primary N) is 1. The van der Waals surface area contributed by atoms with Gasteiger partial charge in [0.05, 0.1) is 23.3 Å². The number of nitrogens with zero attached hydrogens (tertiary/aromatic N) is 1. The van der Waals surface area contributed by atoms with Crippen molar-refractivity contribution in [1.82, 2.24) is 4.98 Å². The van der Waals surface area contributed by atoms with Gasteiger partial charge in [0.25, 0.3) is 0 Å². The zero-order chi connectivity index (χ0) is 22.8. The highest BCUT2D eigenvalue weighted by molar-refractivity contribution is 7.89. The summed E-state index contributed by atoms with van der Waals surface area (Å²) in [4.78, 5) is 16.7.